The number of ketones is 1. The van der Waals surface area contributed by atoms with Gasteiger partial charge in [-0.15, -0.1) is 0 Å². The van der Waals surface area contributed by atoms with Gasteiger partial charge in [0.05, 0.1) is 18.2 Å². The Kier molecular flexibility index (Phi) is 7.36. The first-order chi connectivity index (χ1) is 14.8. The van der Waals surface area contributed by atoms with Crippen molar-refractivity contribution < 1.29 is 19.4 Å². The molecule has 1 aliphatic rings. The first-order valence-corrected chi connectivity index (χ1v) is 10.6. The van der Waals surface area contributed by atoms with E-state index in [2.05, 4.69) is 0 Å². The number of hydrogen-bond donors (Lipinski definition) is 1. The second-order valence-electron chi connectivity index (χ2n) is 7.73. The zero-order chi connectivity index (χ0) is 22.5. The molecule has 2 aromatic rings. The van der Waals surface area contributed by atoms with Crippen LogP contribution < -0.4 is 4.74 Å². The van der Waals surface area contributed by atoms with Crippen LogP contribution >= 0.6 is 11.6 Å². The van der Waals surface area contributed by atoms with E-state index in [1.165, 1.54) is 4.90 Å². The molecule has 31 heavy (non-hydrogen) atoms. The maximum absolute atomic E-state index is 13.0. The predicted octanol–water partition coefficient (Wildman–Crippen LogP) is 4.11. The normalized spacial score (nSPS) is 18.1. The molecule has 7 heteroatoms. The van der Waals surface area contributed by atoms with Gasteiger partial charge in [-0.1, -0.05) is 42.8 Å². The van der Waals surface area contributed by atoms with Crippen LogP contribution in [-0.4, -0.2) is 60.4 Å². The van der Waals surface area contributed by atoms with Gasteiger partial charge in [-0.25, -0.2) is 0 Å². The van der Waals surface area contributed by atoms with Crippen LogP contribution in [0.25, 0.3) is 5.76 Å². The van der Waals surface area contributed by atoms with E-state index in [0.29, 0.717) is 41.6 Å². The number of halogens is 1. The van der Waals surface area contributed by atoms with Crippen LogP contribution in [0.15, 0.2) is 54.1 Å². The fourth-order valence-corrected chi connectivity index (χ4v) is 3.75. The maximum atomic E-state index is 13.0. The molecular formula is C24H27ClN2O4. The van der Waals surface area contributed by atoms with Crippen molar-refractivity contribution in [1.29, 1.82) is 0 Å². The van der Waals surface area contributed by atoms with Crippen molar-refractivity contribution in [2.45, 2.75) is 19.4 Å². The van der Waals surface area contributed by atoms with Gasteiger partial charge in [0.25, 0.3) is 11.7 Å². The monoisotopic (exact) mass is 442 g/mol. The van der Waals surface area contributed by atoms with Gasteiger partial charge in [0.15, 0.2) is 0 Å². The Labute approximate surface area is 187 Å². The summed E-state index contributed by atoms with van der Waals surface area (Å²) in [4.78, 5) is 29.3. The summed E-state index contributed by atoms with van der Waals surface area (Å²) in [6.45, 7) is 3.46. The number of rotatable bonds is 8. The number of aliphatic hydroxyl groups is 1. The SMILES string of the molecule is CCCOc1cccc(C(O)=C2C(=O)C(=O)N(CCN(C)C)C2c2cccc(Cl)c2)c1. The van der Waals surface area contributed by atoms with Gasteiger partial charge in [-0.05, 0) is 50.3 Å². The third-order valence-electron chi connectivity index (χ3n) is 5.07. The standard InChI is InChI=1S/C24H27ClN2O4/c1-4-13-31-19-10-6-8-17(15-19)22(28)20-21(16-7-5-9-18(25)14-16)27(12-11-26(2)3)24(30)23(20)29/h5-10,14-15,21,28H,4,11-13H2,1-3H3. The Morgan fingerprint density at radius 2 is 1.90 bits per heavy atom. The highest BCUT2D eigenvalue weighted by molar-refractivity contribution is 6.46. The third kappa shape index (κ3) is 5.09. The molecule has 0 aromatic heterocycles. The lowest BCUT2D eigenvalue weighted by Gasteiger charge is -2.26. The average Bonchev–Trinajstić information content (AvgIpc) is 3.00. The van der Waals surface area contributed by atoms with Crippen molar-refractivity contribution in [3.8, 4) is 5.75 Å². The lowest BCUT2D eigenvalue weighted by Crippen LogP contribution is -2.35. The molecule has 0 spiro atoms. The molecule has 1 saturated heterocycles. The molecule has 1 heterocycles. The highest BCUT2D eigenvalue weighted by Crippen LogP contribution is 2.40. The van der Waals surface area contributed by atoms with Gasteiger partial charge in [-0.2, -0.15) is 0 Å². The van der Waals surface area contributed by atoms with Crippen LogP contribution in [-0.2, 0) is 9.59 Å². The minimum atomic E-state index is -0.723. The van der Waals surface area contributed by atoms with E-state index < -0.39 is 17.7 Å². The van der Waals surface area contributed by atoms with Gasteiger partial charge in [0.1, 0.15) is 11.5 Å². The molecule has 164 valence electrons. The number of carbonyl (C=O) groups is 2. The van der Waals surface area contributed by atoms with Crippen LogP contribution in [0.2, 0.25) is 5.02 Å². The van der Waals surface area contributed by atoms with Crippen LogP contribution in [0.1, 0.15) is 30.5 Å². The van der Waals surface area contributed by atoms with E-state index in [9.17, 15) is 14.7 Å². The number of hydrogen-bond acceptors (Lipinski definition) is 5. The average molecular weight is 443 g/mol. The van der Waals surface area contributed by atoms with Crippen molar-refractivity contribution in [2.24, 2.45) is 0 Å². The summed E-state index contributed by atoms with van der Waals surface area (Å²) in [6.07, 6.45) is 0.849. The topological polar surface area (TPSA) is 70.1 Å². The number of carbonyl (C=O) groups excluding carboxylic acids is 2. The summed E-state index contributed by atoms with van der Waals surface area (Å²) in [5.74, 6) is -0.974. The summed E-state index contributed by atoms with van der Waals surface area (Å²) in [7, 11) is 3.79. The van der Waals surface area contributed by atoms with Gasteiger partial charge < -0.3 is 19.6 Å². The number of amides is 1. The lowest BCUT2D eigenvalue weighted by atomic mass is 9.95. The van der Waals surface area contributed by atoms with E-state index in [1.807, 2.05) is 25.9 Å². The van der Waals surface area contributed by atoms with Gasteiger partial charge in [0.2, 0.25) is 0 Å². The molecule has 3 rings (SSSR count). The molecular weight excluding hydrogens is 416 g/mol. The molecule has 0 saturated carbocycles. The Bertz CT molecular complexity index is 1000. The van der Waals surface area contributed by atoms with E-state index in [1.54, 1.807) is 48.5 Å². The number of nitrogens with zero attached hydrogens (tertiary/aromatic N) is 2. The van der Waals surface area contributed by atoms with Crippen LogP contribution in [0.5, 0.6) is 5.75 Å². The molecule has 1 unspecified atom stereocenters. The summed E-state index contributed by atoms with van der Waals surface area (Å²) < 4.78 is 5.65. The molecule has 6 nitrogen and oxygen atoms in total. The second-order valence-corrected chi connectivity index (χ2v) is 8.16. The third-order valence-corrected chi connectivity index (χ3v) is 5.31. The van der Waals surface area contributed by atoms with Gasteiger partial charge in [0, 0.05) is 23.7 Å². The first-order valence-electron chi connectivity index (χ1n) is 10.2. The largest absolute Gasteiger partial charge is 0.507 e. The highest BCUT2D eigenvalue weighted by Gasteiger charge is 2.45. The number of likely N-dealkylation sites (tertiary alicyclic amines) is 1. The van der Waals surface area contributed by atoms with Crippen molar-refractivity contribution >= 4 is 29.1 Å². The zero-order valence-electron chi connectivity index (χ0n) is 18.0. The van der Waals surface area contributed by atoms with Crippen molar-refractivity contribution in [2.75, 3.05) is 33.8 Å². The van der Waals surface area contributed by atoms with Crippen molar-refractivity contribution in [3.05, 3.63) is 70.3 Å². The molecule has 1 fully saturated rings. The van der Waals surface area contributed by atoms with E-state index in [-0.39, 0.29) is 11.3 Å². The van der Waals surface area contributed by atoms with Crippen molar-refractivity contribution in [1.82, 2.24) is 9.80 Å². The Morgan fingerprint density at radius 1 is 1.16 bits per heavy atom. The number of likely N-dealkylation sites (N-methyl/N-ethyl adjacent to an activating group) is 1. The number of aliphatic hydroxyl groups excluding tert-OH is 1. The first kappa shape index (κ1) is 22.8. The van der Waals surface area contributed by atoms with Crippen LogP contribution in [0, 0.1) is 0 Å². The van der Waals surface area contributed by atoms with Gasteiger partial charge >= 0.3 is 0 Å². The number of ether oxygens (including phenoxy) is 1. The summed E-state index contributed by atoms with van der Waals surface area (Å²) in [6, 6.07) is 13.2. The Morgan fingerprint density at radius 3 is 2.58 bits per heavy atom. The predicted molar refractivity (Wildman–Crippen MR) is 121 cm³/mol. The maximum Gasteiger partial charge on any atom is 0.295 e. The molecule has 1 atom stereocenters. The molecule has 1 aliphatic heterocycles. The second kappa shape index (κ2) is 9.98. The summed E-state index contributed by atoms with van der Waals surface area (Å²) in [5, 5.41) is 11.6. The molecule has 2 aromatic carbocycles. The van der Waals surface area contributed by atoms with Crippen LogP contribution in [0.4, 0.5) is 0 Å². The smallest absolute Gasteiger partial charge is 0.295 e. The molecule has 0 bridgehead atoms. The lowest BCUT2D eigenvalue weighted by molar-refractivity contribution is -0.140. The Balaban J connectivity index is 2.10. The quantitative estimate of drug-likeness (QED) is 0.378. The van der Waals surface area contributed by atoms with E-state index in [0.717, 1.165) is 6.42 Å². The zero-order valence-corrected chi connectivity index (χ0v) is 18.7. The van der Waals surface area contributed by atoms with Crippen LogP contribution in [0.3, 0.4) is 0 Å². The van der Waals surface area contributed by atoms with E-state index >= 15 is 0 Å². The highest BCUT2D eigenvalue weighted by atomic mass is 35.5. The Hall–Kier alpha value is -2.83. The summed E-state index contributed by atoms with van der Waals surface area (Å²) >= 11 is 6.19. The fraction of sp³-hybridized carbons (Fsp3) is 0.333. The summed E-state index contributed by atoms with van der Waals surface area (Å²) in [5.41, 5.74) is 1.15. The van der Waals surface area contributed by atoms with Gasteiger partial charge in [-0.3, -0.25) is 9.59 Å². The van der Waals surface area contributed by atoms with Crippen molar-refractivity contribution in [3.63, 3.8) is 0 Å². The number of benzene rings is 2. The molecule has 0 radical (unpaired) electrons. The molecule has 0 aliphatic carbocycles. The fourth-order valence-electron chi connectivity index (χ4n) is 3.55. The van der Waals surface area contributed by atoms with E-state index in [4.69, 9.17) is 16.3 Å². The molecule has 1 N–H and O–H groups in total. The molecule has 1 amide bonds. The minimum Gasteiger partial charge on any atom is -0.507 e. The minimum absolute atomic E-state index is 0.0543. The number of Topliss-reactive ketones (excluding diaryl/α,β-unsaturated/α-hetero) is 1.